The Bertz CT molecular complexity index is 473. The van der Waals surface area contributed by atoms with Crippen LogP contribution < -0.4 is 10.1 Å². The Morgan fingerprint density at radius 2 is 2.00 bits per heavy atom. The van der Waals surface area contributed by atoms with Crippen LogP contribution in [0.2, 0.25) is 0 Å². The average molecular weight is 293 g/mol. The molecule has 0 unspecified atom stereocenters. The summed E-state index contributed by atoms with van der Waals surface area (Å²) in [5, 5.41) is 11.6. The fourth-order valence-electron chi connectivity index (χ4n) is 2.07. The number of benzene rings is 1. The number of nitrogens with one attached hydrogen (secondary N) is 1. The van der Waals surface area contributed by atoms with E-state index < -0.39 is 12.0 Å². The Kier molecular flexibility index (Phi) is 7.29. The number of para-hydroxylation sites is 1. The summed E-state index contributed by atoms with van der Waals surface area (Å²) in [4.78, 5) is 22.9. The summed E-state index contributed by atoms with van der Waals surface area (Å²) in [6.07, 6.45) is 1.93. The molecule has 116 valence electrons. The van der Waals surface area contributed by atoms with Gasteiger partial charge in [-0.3, -0.25) is 4.79 Å². The quantitative estimate of drug-likeness (QED) is 0.733. The molecule has 0 fully saturated rings. The van der Waals surface area contributed by atoms with Crippen LogP contribution in [0.25, 0.3) is 0 Å². The zero-order valence-corrected chi connectivity index (χ0v) is 12.6. The molecule has 0 bridgehead atoms. The molecule has 0 aromatic heterocycles. The molecule has 1 rings (SSSR count). The summed E-state index contributed by atoms with van der Waals surface area (Å²) in [6.45, 7) is 4.37. The summed E-state index contributed by atoms with van der Waals surface area (Å²) in [6, 6.07) is 6.76. The van der Waals surface area contributed by atoms with Crippen LogP contribution in [0.5, 0.6) is 5.75 Å². The standard InChI is InChI=1S/C16H23NO4/c1-3-7-13(16(19)20)17-15(18)11-10-12-8-5-6-9-14(12)21-4-2/h5-6,8-9,13H,3-4,7,10-11H2,1-2H3,(H,17,18)(H,19,20)/t13-/m1/s1. The maximum atomic E-state index is 11.9. The Balaban J connectivity index is 2.54. The highest BCUT2D eigenvalue weighted by Gasteiger charge is 2.18. The molecule has 5 nitrogen and oxygen atoms in total. The highest BCUT2D eigenvalue weighted by atomic mass is 16.5. The number of carboxylic acid groups (broad SMARTS) is 1. The van der Waals surface area contributed by atoms with Crippen molar-refractivity contribution in [2.45, 2.75) is 45.6 Å². The van der Waals surface area contributed by atoms with Crippen LogP contribution in [-0.2, 0) is 16.0 Å². The van der Waals surface area contributed by atoms with E-state index in [0.29, 0.717) is 25.9 Å². The molecule has 21 heavy (non-hydrogen) atoms. The lowest BCUT2D eigenvalue weighted by molar-refractivity contribution is -0.142. The van der Waals surface area contributed by atoms with Crippen LogP contribution in [0.4, 0.5) is 0 Å². The first-order chi connectivity index (χ1) is 10.1. The molecule has 2 N–H and O–H groups in total. The summed E-state index contributed by atoms with van der Waals surface area (Å²) < 4.78 is 5.50. The Labute approximate surface area is 125 Å². The molecule has 0 radical (unpaired) electrons. The van der Waals surface area contributed by atoms with E-state index in [-0.39, 0.29) is 12.3 Å². The van der Waals surface area contributed by atoms with Crippen molar-refractivity contribution >= 4 is 11.9 Å². The van der Waals surface area contributed by atoms with Gasteiger partial charge in [0.05, 0.1) is 6.61 Å². The van der Waals surface area contributed by atoms with E-state index in [1.54, 1.807) is 0 Å². The minimum absolute atomic E-state index is 0.248. The lowest BCUT2D eigenvalue weighted by atomic mass is 10.1. The predicted molar refractivity (Wildman–Crippen MR) is 80.4 cm³/mol. The van der Waals surface area contributed by atoms with Crippen molar-refractivity contribution in [1.29, 1.82) is 0 Å². The average Bonchev–Trinajstić information content (AvgIpc) is 2.46. The second-order valence-corrected chi connectivity index (χ2v) is 4.79. The molecule has 1 aromatic carbocycles. The topological polar surface area (TPSA) is 75.6 Å². The zero-order chi connectivity index (χ0) is 15.7. The molecule has 1 aromatic rings. The molecular weight excluding hydrogens is 270 g/mol. The van der Waals surface area contributed by atoms with Crippen molar-refractivity contribution in [1.82, 2.24) is 5.32 Å². The second kappa shape index (κ2) is 9.00. The lowest BCUT2D eigenvalue weighted by Crippen LogP contribution is -2.40. The third-order valence-corrected chi connectivity index (χ3v) is 3.10. The van der Waals surface area contributed by atoms with Gasteiger partial charge in [0.2, 0.25) is 5.91 Å². The summed E-state index contributed by atoms with van der Waals surface area (Å²) in [5.41, 5.74) is 0.955. The van der Waals surface area contributed by atoms with Gasteiger partial charge in [-0.1, -0.05) is 31.5 Å². The van der Waals surface area contributed by atoms with Gasteiger partial charge in [-0.25, -0.2) is 4.79 Å². The zero-order valence-electron chi connectivity index (χ0n) is 12.6. The third kappa shape index (κ3) is 5.85. The number of carbonyl (C=O) groups excluding carboxylic acids is 1. The number of aryl methyl sites for hydroxylation is 1. The summed E-state index contributed by atoms with van der Waals surface area (Å²) >= 11 is 0. The molecule has 1 amide bonds. The minimum atomic E-state index is -0.986. The number of hydrogen-bond acceptors (Lipinski definition) is 3. The summed E-state index contributed by atoms with van der Waals surface area (Å²) in [5.74, 6) is -0.460. The number of aliphatic carboxylic acids is 1. The van der Waals surface area contributed by atoms with Crippen LogP contribution in [0.3, 0.4) is 0 Å². The first-order valence-electron chi connectivity index (χ1n) is 7.31. The molecule has 5 heteroatoms. The SMILES string of the molecule is CCC[C@@H](NC(=O)CCc1ccccc1OCC)C(=O)O. The largest absolute Gasteiger partial charge is 0.494 e. The number of rotatable bonds is 9. The number of carbonyl (C=O) groups is 2. The molecule has 1 atom stereocenters. The lowest BCUT2D eigenvalue weighted by Gasteiger charge is -2.14. The van der Waals surface area contributed by atoms with Crippen molar-refractivity contribution in [2.24, 2.45) is 0 Å². The van der Waals surface area contributed by atoms with Crippen molar-refractivity contribution in [2.75, 3.05) is 6.61 Å². The number of carboxylic acids is 1. The monoisotopic (exact) mass is 293 g/mol. The highest BCUT2D eigenvalue weighted by Crippen LogP contribution is 2.19. The molecule has 0 aliphatic heterocycles. The molecule has 0 heterocycles. The van der Waals surface area contributed by atoms with Gasteiger partial charge in [0.25, 0.3) is 0 Å². The van der Waals surface area contributed by atoms with Crippen LogP contribution in [0, 0.1) is 0 Å². The van der Waals surface area contributed by atoms with E-state index in [4.69, 9.17) is 9.84 Å². The van der Waals surface area contributed by atoms with Crippen LogP contribution in [0.15, 0.2) is 24.3 Å². The van der Waals surface area contributed by atoms with Gasteiger partial charge in [-0.05, 0) is 31.4 Å². The Hall–Kier alpha value is -2.04. The normalized spacial score (nSPS) is 11.7. The maximum absolute atomic E-state index is 11.9. The molecule has 0 spiro atoms. The van der Waals surface area contributed by atoms with Crippen LogP contribution in [0.1, 0.15) is 38.7 Å². The van der Waals surface area contributed by atoms with E-state index in [1.807, 2.05) is 38.1 Å². The third-order valence-electron chi connectivity index (χ3n) is 3.10. The highest BCUT2D eigenvalue weighted by molar-refractivity contribution is 5.83. The molecule has 0 aliphatic rings. The van der Waals surface area contributed by atoms with Gasteiger partial charge in [0.15, 0.2) is 0 Å². The van der Waals surface area contributed by atoms with Crippen molar-refractivity contribution in [3.8, 4) is 5.75 Å². The van der Waals surface area contributed by atoms with E-state index in [2.05, 4.69) is 5.32 Å². The number of amides is 1. The van der Waals surface area contributed by atoms with Gasteiger partial charge in [-0.15, -0.1) is 0 Å². The van der Waals surface area contributed by atoms with Crippen molar-refractivity contribution in [3.05, 3.63) is 29.8 Å². The maximum Gasteiger partial charge on any atom is 0.326 e. The molecular formula is C16H23NO4. The number of ether oxygens (including phenoxy) is 1. The van der Waals surface area contributed by atoms with E-state index >= 15 is 0 Å². The van der Waals surface area contributed by atoms with Crippen LogP contribution in [-0.4, -0.2) is 29.6 Å². The van der Waals surface area contributed by atoms with Gasteiger partial charge in [-0.2, -0.15) is 0 Å². The molecule has 0 aliphatic carbocycles. The second-order valence-electron chi connectivity index (χ2n) is 4.79. The van der Waals surface area contributed by atoms with Gasteiger partial charge >= 0.3 is 5.97 Å². The van der Waals surface area contributed by atoms with E-state index in [1.165, 1.54) is 0 Å². The van der Waals surface area contributed by atoms with E-state index in [0.717, 1.165) is 11.3 Å². The van der Waals surface area contributed by atoms with Gasteiger partial charge in [0.1, 0.15) is 11.8 Å². The Morgan fingerprint density at radius 3 is 2.62 bits per heavy atom. The first kappa shape index (κ1) is 17.0. The van der Waals surface area contributed by atoms with Crippen molar-refractivity contribution in [3.63, 3.8) is 0 Å². The van der Waals surface area contributed by atoms with Gasteiger partial charge in [0, 0.05) is 6.42 Å². The van der Waals surface area contributed by atoms with E-state index in [9.17, 15) is 9.59 Å². The first-order valence-corrected chi connectivity index (χ1v) is 7.31. The van der Waals surface area contributed by atoms with Gasteiger partial charge < -0.3 is 15.2 Å². The predicted octanol–water partition coefficient (Wildman–Crippen LogP) is 2.39. The fraction of sp³-hybridized carbons (Fsp3) is 0.500. The van der Waals surface area contributed by atoms with Crippen LogP contribution >= 0.6 is 0 Å². The van der Waals surface area contributed by atoms with Crippen molar-refractivity contribution < 1.29 is 19.4 Å². The molecule has 0 saturated carbocycles. The molecule has 0 saturated heterocycles. The summed E-state index contributed by atoms with van der Waals surface area (Å²) in [7, 11) is 0. The fourth-order valence-corrected chi connectivity index (χ4v) is 2.07. The Morgan fingerprint density at radius 1 is 1.29 bits per heavy atom. The minimum Gasteiger partial charge on any atom is -0.494 e. The number of hydrogen-bond donors (Lipinski definition) is 2. The smallest absolute Gasteiger partial charge is 0.326 e.